The van der Waals surface area contributed by atoms with Crippen LogP contribution in [0.4, 0.5) is 13.2 Å². The molecule has 1 heterocycles. The minimum absolute atomic E-state index is 0. The van der Waals surface area contributed by atoms with Crippen LogP contribution < -0.4 is 10.5 Å². The molecule has 1 aromatic rings. The Morgan fingerprint density at radius 1 is 1.35 bits per heavy atom. The van der Waals surface area contributed by atoms with E-state index in [2.05, 4.69) is 0 Å². The van der Waals surface area contributed by atoms with Crippen molar-refractivity contribution in [3.05, 3.63) is 29.8 Å². The van der Waals surface area contributed by atoms with Gasteiger partial charge in [0.15, 0.2) is 0 Å². The van der Waals surface area contributed by atoms with Crippen molar-refractivity contribution >= 4 is 28.3 Å². The summed E-state index contributed by atoms with van der Waals surface area (Å²) in [6.45, 7) is 2.04. The Morgan fingerprint density at radius 2 is 1.96 bits per heavy atom. The van der Waals surface area contributed by atoms with Crippen LogP contribution in [-0.2, 0) is 21.0 Å². The second-order valence-electron chi connectivity index (χ2n) is 6.02. The molecule has 1 fully saturated rings. The first-order valence-electron chi connectivity index (χ1n) is 7.75. The zero-order chi connectivity index (χ0) is 18.8. The van der Waals surface area contributed by atoms with Crippen molar-refractivity contribution in [1.82, 2.24) is 9.62 Å². The van der Waals surface area contributed by atoms with Crippen molar-refractivity contribution in [1.29, 1.82) is 0 Å². The van der Waals surface area contributed by atoms with Gasteiger partial charge in [-0.2, -0.15) is 17.9 Å². The van der Waals surface area contributed by atoms with Crippen LogP contribution in [0.3, 0.4) is 0 Å². The molecule has 2 atom stereocenters. The molecule has 1 aliphatic heterocycles. The van der Waals surface area contributed by atoms with Gasteiger partial charge in [-0.3, -0.25) is 4.79 Å². The number of hydrogen-bond acceptors (Lipinski definition) is 4. The lowest BCUT2D eigenvalue weighted by Gasteiger charge is -2.32. The van der Waals surface area contributed by atoms with Gasteiger partial charge < -0.3 is 10.6 Å². The minimum atomic E-state index is -4.82. The average Bonchev–Trinajstić information content (AvgIpc) is 2.53. The largest absolute Gasteiger partial charge is 0.417 e. The molecule has 0 aromatic heterocycles. The van der Waals surface area contributed by atoms with E-state index in [9.17, 15) is 26.4 Å². The molecule has 0 bridgehead atoms. The van der Waals surface area contributed by atoms with E-state index in [1.54, 1.807) is 0 Å². The number of hydrogen-bond donors (Lipinski definition) is 2. The van der Waals surface area contributed by atoms with Crippen molar-refractivity contribution in [3.63, 3.8) is 0 Å². The number of carbonyl (C=O) groups excluding carboxylic acids is 1. The number of alkyl halides is 3. The van der Waals surface area contributed by atoms with E-state index in [-0.39, 0.29) is 18.4 Å². The summed E-state index contributed by atoms with van der Waals surface area (Å²) in [4.78, 5) is 12.9. The van der Waals surface area contributed by atoms with Gasteiger partial charge in [0.2, 0.25) is 15.9 Å². The summed E-state index contributed by atoms with van der Waals surface area (Å²) in [7, 11) is -4.52. The highest BCUT2D eigenvalue weighted by Crippen LogP contribution is 2.33. The zero-order valence-corrected chi connectivity index (χ0v) is 15.6. The number of nitrogens with one attached hydrogen (secondary N) is 1. The molecular weight excluding hydrogens is 395 g/mol. The Morgan fingerprint density at radius 3 is 2.54 bits per heavy atom. The van der Waals surface area contributed by atoms with Gasteiger partial charge in [0, 0.05) is 19.1 Å². The first kappa shape index (κ1) is 22.7. The normalized spacial score (nSPS) is 19.6. The molecule has 2 unspecified atom stereocenters. The Kier molecular flexibility index (Phi) is 7.46. The molecule has 0 saturated carbocycles. The first-order valence-corrected chi connectivity index (χ1v) is 9.23. The summed E-state index contributed by atoms with van der Waals surface area (Å²) in [6.07, 6.45) is -3.36. The monoisotopic (exact) mass is 415 g/mol. The molecule has 1 aliphatic rings. The number of sulfonamides is 1. The van der Waals surface area contributed by atoms with Crippen molar-refractivity contribution in [2.24, 2.45) is 5.73 Å². The van der Waals surface area contributed by atoms with Crippen LogP contribution in [0.25, 0.3) is 0 Å². The van der Waals surface area contributed by atoms with Crippen LogP contribution in [0.1, 0.15) is 25.3 Å². The van der Waals surface area contributed by atoms with Gasteiger partial charge in [0.05, 0.1) is 16.5 Å². The Bertz CT molecular complexity index is 743. The lowest BCUT2D eigenvalue weighted by atomic mass is 10.1. The fraction of sp³-hybridized carbons (Fsp3) is 0.533. The third-order valence-electron chi connectivity index (χ3n) is 3.95. The third-order valence-corrected chi connectivity index (χ3v) is 5.55. The van der Waals surface area contributed by atoms with Crippen molar-refractivity contribution in [2.45, 2.75) is 42.9 Å². The molecule has 0 radical (unpaired) electrons. The van der Waals surface area contributed by atoms with Gasteiger partial charge in [-0.25, -0.2) is 8.42 Å². The lowest BCUT2D eigenvalue weighted by molar-refractivity contribution is -0.139. The third kappa shape index (κ3) is 5.32. The molecule has 26 heavy (non-hydrogen) atoms. The van der Waals surface area contributed by atoms with Gasteiger partial charge in [-0.05, 0) is 31.9 Å². The highest BCUT2D eigenvalue weighted by molar-refractivity contribution is 7.89. The van der Waals surface area contributed by atoms with Crippen molar-refractivity contribution in [3.8, 4) is 0 Å². The number of nitrogens with zero attached hydrogens (tertiary/aromatic N) is 1. The fourth-order valence-electron chi connectivity index (χ4n) is 2.77. The molecule has 2 rings (SSSR count). The number of piperidine rings is 1. The van der Waals surface area contributed by atoms with Crippen LogP contribution in [0.5, 0.6) is 0 Å². The second kappa shape index (κ2) is 8.55. The molecule has 148 valence electrons. The molecule has 0 spiro atoms. The maximum Gasteiger partial charge on any atom is 0.417 e. The number of likely N-dealkylation sites (tertiary alicyclic amines) is 1. The highest BCUT2D eigenvalue weighted by Gasteiger charge is 2.38. The summed E-state index contributed by atoms with van der Waals surface area (Å²) >= 11 is 0. The Hall–Kier alpha value is -1.36. The summed E-state index contributed by atoms with van der Waals surface area (Å²) < 4.78 is 65.8. The van der Waals surface area contributed by atoms with E-state index >= 15 is 0 Å². The standard InChI is InChI=1S/C15H20F3N3O3S.ClH/c1-10(14(22)21-8-4-5-11(19)9-21)20-25(23,24)13-7-3-2-6-12(13)15(16,17)18;/h2-3,6-7,10-11,20H,4-5,8-9,19H2,1H3;1H. The molecule has 1 saturated heterocycles. The summed E-state index contributed by atoms with van der Waals surface area (Å²) in [5.74, 6) is -0.511. The number of amides is 1. The first-order chi connectivity index (χ1) is 11.5. The van der Waals surface area contributed by atoms with Gasteiger partial charge in [0.1, 0.15) is 0 Å². The molecule has 1 amide bonds. The van der Waals surface area contributed by atoms with Gasteiger partial charge in [-0.15, -0.1) is 12.4 Å². The molecule has 6 nitrogen and oxygen atoms in total. The van der Waals surface area contributed by atoms with Crippen molar-refractivity contribution in [2.75, 3.05) is 13.1 Å². The summed E-state index contributed by atoms with van der Waals surface area (Å²) in [6, 6.07) is 2.46. The fourth-order valence-corrected chi connectivity index (χ4v) is 4.19. The highest BCUT2D eigenvalue weighted by atomic mass is 35.5. The van der Waals surface area contributed by atoms with E-state index in [0.29, 0.717) is 25.6 Å². The predicted molar refractivity (Wildman–Crippen MR) is 92.3 cm³/mol. The summed E-state index contributed by atoms with van der Waals surface area (Å²) in [5.41, 5.74) is 4.52. The van der Waals surface area contributed by atoms with E-state index in [1.807, 2.05) is 4.72 Å². The number of halogens is 4. The van der Waals surface area contributed by atoms with E-state index < -0.39 is 38.6 Å². The van der Waals surface area contributed by atoms with Crippen LogP contribution in [0.15, 0.2) is 29.2 Å². The maximum absolute atomic E-state index is 13.0. The number of carbonyl (C=O) groups is 1. The smallest absolute Gasteiger partial charge is 0.340 e. The van der Waals surface area contributed by atoms with E-state index in [4.69, 9.17) is 5.73 Å². The van der Waals surface area contributed by atoms with Crippen LogP contribution in [0.2, 0.25) is 0 Å². The Balaban J connectivity index is 0.00000338. The molecule has 1 aromatic carbocycles. The van der Waals surface area contributed by atoms with Crippen LogP contribution >= 0.6 is 12.4 Å². The zero-order valence-electron chi connectivity index (χ0n) is 14.0. The lowest BCUT2D eigenvalue weighted by Crippen LogP contribution is -2.52. The van der Waals surface area contributed by atoms with Crippen molar-refractivity contribution < 1.29 is 26.4 Å². The number of rotatable bonds is 4. The minimum Gasteiger partial charge on any atom is -0.340 e. The Labute approximate surface area is 156 Å². The van der Waals surface area contributed by atoms with Gasteiger partial charge in [-0.1, -0.05) is 12.1 Å². The van der Waals surface area contributed by atoms with Gasteiger partial charge in [0.25, 0.3) is 0 Å². The van der Waals surface area contributed by atoms with Gasteiger partial charge >= 0.3 is 6.18 Å². The molecular formula is C15H21ClF3N3O3S. The van der Waals surface area contributed by atoms with Crippen LogP contribution in [-0.4, -0.2) is 44.4 Å². The quantitative estimate of drug-likeness (QED) is 0.783. The number of nitrogens with two attached hydrogens (primary N) is 1. The summed E-state index contributed by atoms with van der Waals surface area (Å²) in [5, 5.41) is 0. The molecule has 3 N–H and O–H groups in total. The molecule has 0 aliphatic carbocycles. The predicted octanol–water partition coefficient (Wildman–Crippen LogP) is 1.74. The van der Waals surface area contributed by atoms with Crippen LogP contribution in [0, 0.1) is 0 Å². The maximum atomic E-state index is 13.0. The number of benzene rings is 1. The molecule has 11 heteroatoms. The second-order valence-corrected chi connectivity index (χ2v) is 7.71. The SMILES string of the molecule is CC(NS(=O)(=O)c1ccccc1C(F)(F)F)C(=O)N1CCCC(N)C1.Cl. The topological polar surface area (TPSA) is 92.5 Å². The van der Waals surface area contributed by atoms with E-state index in [0.717, 1.165) is 18.6 Å². The average molecular weight is 416 g/mol. The van der Waals surface area contributed by atoms with E-state index in [1.165, 1.54) is 17.9 Å².